The van der Waals surface area contributed by atoms with Crippen molar-refractivity contribution in [2.75, 3.05) is 19.7 Å². The predicted molar refractivity (Wildman–Crippen MR) is 83.3 cm³/mol. The van der Waals surface area contributed by atoms with E-state index in [9.17, 15) is 9.90 Å². The van der Waals surface area contributed by atoms with Crippen LogP contribution >= 0.6 is 0 Å². The number of rotatable bonds is 10. The van der Waals surface area contributed by atoms with Crippen LogP contribution in [0.4, 0.5) is 0 Å². The summed E-state index contributed by atoms with van der Waals surface area (Å²) in [6, 6.07) is 9.59. The first kappa shape index (κ1) is 17.5. The van der Waals surface area contributed by atoms with Crippen molar-refractivity contribution in [3.8, 4) is 5.75 Å². The van der Waals surface area contributed by atoms with Gasteiger partial charge in [0.2, 0.25) is 5.91 Å². The monoisotopic (exact) mass is 294 g/mol. The van der Waals surface area contributed by atoms with Crippen LogP contribution in [0.5, 0.6) is 5.75 Å². The average molecular weight is 294 g/mol. The fourth-order valence-electron chi connectivity index (χ4n) is 1.69. The Bertz CT molecular complexity index is 398. The highest BCUT2D eigenvalue weighted by atomic mass is 16.5. The first-order valence-electron chi connectivity index (χ1n) is 7.47. The van der Waals surface area contributed by atoms with E-state index in [4.69, 9.17) is 4.74 Å². The Morgan fingerprint density at radius 1 is 1.33 bits per heavy atom. The molecule has 1 amide bonds. The van der Waals surface area contributed by atoms with Gasteiger partial charge < -0.3 is 20.5 Å². The van der Waals surface area contributed by atoms with E-state index >= 15 is 0 Å². The van der Waals surface area contributed by atoms with Gasteiger partial charge in [-0.3, -0.25) is 4.79 Å². The molecule has 2 unspecified atom stereocenters. The van der Waals surface area contributed by atoms with Gasteiger partial charge in [-0.05, 0) is 25.5 Å². The Morgan fingerprint density at radius 3 is 2.71 bits per heavy atom. The van der Waals surface area contributed by atoms with E-state index in [1.165, 1.54) is 0 Å². The van der Waals surface area contributed by atoms with Crippen LogP contribution in [-0.4, -0.2) is 42.9 Å². The number of carbonyl (C=O) groups is 1. The van der Waals surface area contributed by atoms with Crippen LogP contribution in [-0.2, 0) is 4.79 Å². The maximum atomic E-state index is 11.5. The summed E-state index contributed by atoms with van der Waals surface area (Å²) in [6.45, 7) is 5.20. The van der Waals surface area contributed by atoms with E-state index in [-0.39, 0.29) is 18.6 Å². The molecule has 0 radical (unpaired) electrons. The number of hydrogen-bond donors (Lipinski definition) is 3. The van der Waals surface area contributed by atoms with Gasteiger partial charge in [-0.25, -0.2) is 0 Å². The number of nitrogens with one attached hydrogen (secondary N) is 2. The zero-order chi connectivity index (χ0) is 15.5. The maximum absolute atomic E-state index is 11.5. The second kappa shape index (κ2) is 10.2. The third-order valence-corrected chi connectivity index (χ3v) is 3.11. The van der Waals surface area contributed by atoms with E-state index in [1.807, 2.05) is 44.2 Å². The minimum atomic E-state index is -0.595. The molecule has 0 aliphatic heterocycles. The Kier molecular flexibility index (Phi) is 8.47. The number of ether oxygens (including phenoxy) is 1. The molecule has 5 nitrogen and oxygen atoms in total. The number of carbonyl (C=O) groups excluding carboxylic acids is 1. The van der Waals surface area contributed by atoms with Crippen LogP contribution in [0, 0.1) is 0 Å². The van der Waals surface area contributed by atoms with Gasteiger partial charge in [0.15, 0.2) is 0 Å². The quantitative estimate of drug-likeness (QED) is 0.569. The molecule has 0 aliphatic carbocycles. The fraction of sp³-hybridized carbons (Fsp3) is 0.562. The first-order valence-corrected chi connectivity index (χ1v) is 7.47. The van der Waals surface area contributed by atoms with Crippen molar-refractivity contribution in [2.24, 2.45) is 0 Å². The summed E-state index contributed by atoms with van der Waals surface area (Å²) in [7, 11) is 0. The van der Waals surface area contributed by atoms with Crippen LogP contribution < -0.4 is 15.4 Å². The van der Waals surface area contributed by atoms with Crippen molar-refractivity contribution in [3.05, 3.63) is 30.3 Å². The smallest absolute Gasteiger partial charge is 0.221 e. The van der Waals surface area contributed by atoms with Gasteiger partial charge in [-0.1, -0.05) is 25.1 Å². The largest absolute Gasteiger partial charge is 0.491 e. The highest BCUT2D eigenvalue weighted by Gasteiger charge is 2.07. The van der Waals surface area contributed by atoms with Crippen LogP contribution in [0.25, 0.3) is 0 Å². The maximum Gasteiger partial charge on any atom is 0.221 e. The van der Waals surface area contributed by atoms with Crippen molar-refractivity contribution in [1.82, 2.24) is 10.6 Å². The molecule has 1 aromatic rings. The second-order valence-corrected chi connectivity index (χ2v) is 5.11. The lowest BCUT2D eigenvalue weighted by Gasteiger charge is -2.14. The molecule has 0 bridgehead atoms. The molecule has 0 saturated heterocycles. The van der Waals surface area contributed by atoms with Crippen molar-refractivity contribution < 1.29 is 14.6 Å². The predicted octanol–water partition coefficient (Wildman–Crippen LogP) is 1.32. The normalized spacial score (nSPS) is 13.5. The summed E-state index contributed by atoms with van der Waals surface area (Å²) in [6.07, 6.45) is 0.744. The summed E-state index contributed by atoms with van der Waals surface area (Å²) in [4.78, 5) is 11.5. The van der Waals surface area contributed by atoms with Gasteiger partial charge in [-0.2, -0.15) is 0 Å². The van der Waals surface area contributed by atoms with Gasteiger partial charge in [0, 0.05) is 25.6 Å². The van der Waals surface area contributed by atoms with Gasteiger partial charge in [0.25, 0.3) is 0 Å². The van der Waals surface area contributed by atoms with Crippen molar-refractivity contribution >= 4 is 5.91 Å². The molecule has 0 aliphatic rings. The zero-order valence-electron chi connectivity index (χ0n) is 12.8. The minimum Gasteiger partial charge on any atom is -0.491 e. The number of aliphatic hydroxyl groups excluding tert-OH is 1. The zero-order valence-corrected chi connectivity index (χ0v) is 12.8. The van der Waals surface area contributed by atoms with E-state index in [0.29, 0.717) is 19.5 Å². The summed E-state index contributed by atoms with van der Waals surface area (Å²) < 4.78 is 5.44. The molecule has 2 atom stereocenters. The molecule has 3 N–H and O–H groups in total. The number of amides is 1. The van der Waals surface area contributed by atoms with Gasteiger partial charge in [0.1, 0.15) is 18.5 Å². The van der Waals surface area contributed by atoms with Crippen molar-refractivity contribution in [2.45, 2.75) is 38.8 Å². The van der Waals surface area contributed by atoms with Gasteiger partial charge in [-0.15, -0.1) is 0 Å². The minimum absolute atomic E-state index is 0.0341. The van der Waals surface area contributed by atoms with Crippen LogP contribution in [0.1, 0.15) is 26.7 Å². The summed E-state index contributed by atoms with van der Waals surface area (Å²) in [5, 5.41) is 15.7. The highest BCUT2D eigenvalue weighted by molar-refractivity contribution is 5.76. The average Bonchev–Trinajstić information content (AvgIpc) is 2.50. The van der Waals surface area contributed by atoms with Gasteiger partial charge >= 0.3 is 0 Å². The Labute approximate surface area is 126 Å². The van der Waals surface area contributed by atoms with Crippen LogP contribution in [0.15, 0.2) is 30.3 Å². The molecule has 1 rings (SSSR count). The molecule has 118 valence electrons. The fourth-order valence-corrected chi connectivity index (χ4v) is 1.69. The first-order chi connectivity index (χ1) is 10.1. The Balaban J connectivity index is 2.05. The lowest BCUT2D eigenvalue weighted by molar-refractivity contribution is -0.121. The van der Waals surface area contributed by atoms with Crippen molar-refractivity contribution in [3.63, 3.8) is 0 Å². The van der Waals surface area contributed by atoms with E-state index in [1.54, 1.807) is 0 Å². The third kappa shape index (κ3) is 8.32. The number of benzene rings is 1. The third-order valence-electron chi connectivity index (χ3n) is 3.11. The van der Waals surface area contributed by atoms with Crippen LogP contribution in [0.3, 0.4) is 0 Å². The number of aliphatic hydroxyl groups is 1. The Morgan fingerprint density at radius 2 is 2.05 bits per heavy atom. The second-order valence-electron chi connectivity index (χ2n) is 5.11. The molecule has 21 heavy (non-hydrogen) atoms. The highest BCUT2D eigenvalue weighted by Crippen LogP contribution is 2.08. The molecule has 0 saturated carbocycles. The molecular weight excluding hydrogens is 268 g/mol. The number of hydrogen-bond acceptors (Lipinski definition) is 4. The van der Waals surface area contributed by atoms with E-state index in [2.05, 4.69) is 10.6 Å². The Hall–Kier alpha value is -1.59. The van der Waals surface area contributed by atoms with Crippen LogP contribution in [0.2, 0.25) is 0 Å². The summed E-state index contributed by atoms with van der Waals surface area (Å²) in [5.41, 5.74) is 0. The number of para-hydroxylation sites is 1. The molecule has 5 heteroatoms. The lowest BCUT2D eigenvalue weighted by atomic mass is 10.2. The SMILES string of the molecule is CCC(C)NC(=O)CCNCC(O)COc1ccccc1. The molecule has 0 aromatic heterocycles. The van der Waals surface area contributed by atoms with E-state index in [0.717, 1.165) is 12.2 Å². The summed E-state index contributed by atoms with van der Waals surface area (Å²) >= 11 is 0. The molecule has 1 aromatic carbocycles. The van der Waals surface area contributed by atoms with E-state index < -0.39 is 6.10 Å². The topological polar surface area (TPSA) is 70.6 Å². The molecule has 0 spiro atoms. The lowest BCUT2D eigenvalue weighted by Crippen LogP contribution is -2.36. The van der Waals surface area contributed by atoms with Crippen molar-refractivity contribution in [1.29, 1.82) is 0 Å². The van der Waals surface area contributed by atoms with Gasteiger partial charge in [0.05, 0.1) is 0 Å². The molecule has 0 heterocycles. The molecular formula is C16H26N2O3. The molecule has 0 fully saturated rings. The standard InChI is InChI=1S/C16H26N2O3/c1-3-13(2)18-16(20)9-10-17-11-14(19)12-21-15-7-5-4-6-8-15/h4-8,13-14,17,19H,3,9-12H2,1-2H3,(H,18,20). The summed E-state index contributed by atoms with van der Waals surface area (Å²) in [5.74, 6) is 0.774.